The van der Waals surface area contributed by atoms with Crippen LogP contribution in [-0.2, 0) is 10.0 Å². The van der Waals surface area contributed by atoms with E-state index in [1.807, 2.05) is 6.07 Å². The monoisotopic (exact) mass is 343 g/mol. The van der Waals surface area contributed by atoms with Gasteiger partial charge in [-0.2, -0.15) is 4.31 Å². The van der Waals surface area contributed by atoms with Gasteiger partial charge in [0.05, 0.1) is 4.90 Å². The second kappa shape index (κ2) is 5.19. The van der Waals surface area contributed by atoms with E-state index in [9.17, 15) is 8.42 Å². The Balaban J connectivity index is 1.92. The Bertz CT molecular complexity index is 573. The number of halogens is 1. The number of benzene rings is 1. The lowest BCUT2D eigenvalue weighted by Crippen LogP contribution is -2.39. The van der Waals surface area contributed by atoms with Gasteiger partial charge in [0.15, 0.2) is 0 Å². The molecule has 0 N–H and O–H groups in total. The molecule has 2 unspecified atom stereocenters. The topological polar surface area (TPSA) is 37.4 Å². The fraction of sp³-hybridized carbons (Fsp3) is 0.571. The van der Waals surface area contributed by atoms with Crippen molar-refractivity contribution in [3.05, 3.63) is 28.7 Å². The second-order valence-electron chi connectivity index (χ2n) is 5.47. The summed E-state index contributed by atoms with van der Waals surface area (Å²) < 4.78 is 28.1. The predicted molar refractivity (Wildman–Crippen MR) is 78.4 cm³/mol. The Kier molecular flexibility index (Phi) is 3.71. The van der Waals surface area contributed by atoms with Crippen LogP contribution in [0.3, 0.4) is 0 Å². The molecule has 0 amide bonds. The summed E-state index contributed by atoms with van der Waals surface area (Å²) in [4.78, 5) is 0.410. The summed E-state index contributed by atoms with van der Waals surface area (Å²) in [6.45, 7) is 0.685. The van der Waals surface area contributed by atoms with Gasteiger partial charge in [-0.1, -0.05) is 34.8 Å². The molecule has 1 saturated carbocycles. The van der Waals surface area contributed by atoms with Crippen molar-refractivity contribution < 1.29 is 8.42 Å². The molecule has 2 atom stereocenters. The molecule has 2 aliphatic rings. The van der Waals surface area contributed by atoms with Gasteiger partial charge in [-0.25, -0.2) is 8.42 Å². The van der Waals surface area contributed by atoms with Crippen LogP contribution in [0.5, 0.6) is 0 Å². The smallest absolute Gasteiger partial charge is 0.207 e. The molecule has 1 heterocycles. The molecule has 0 bridgehead atoms. The van der Waals surface area contributed by atoms with Crippen LogP contribution in [0.4, 0.5) is 0 Å². The normalized spacial score (nSPS) is 28.3. The minimum absolute atomic E-state index is 0.234. The molecule has 1 aliphatic carbocycles. The third-order valence-electron chi connectivity index (χ3n) is 4.36. The van der Waals surface area contributed by atoms with Gasteiger partial charge in [-0.05, 0) is 43.4 Å². The lowest BCUT2D eigenvalue weighted by molar-refractivity contribution is 0.260. The van der Waals surface area contributed by atoms with Crippen molar-refractivity contribution in [2.45, 2.75) is 43.0 Å². The van der Waals surface area contributed by atoms with Crippen molar-refractivity contribution in [2.75, 3.05) is 6.54 Å². The molecule has 3 rings (SSSR count). The van der Waals surface area contributed by atoms with Gasteiger partial charge in [0.2, 0.25) is 10.0 Å². The predicted octanol–water partition coefficient (Wildman–Crippen LogP) is 3.40. The Morgan fingerprint density at radius 1 is 1.16 bits per heavy atom. The highest BCUT2D eigenvalue weighted by atomic mass is 79.9. The maximum Gasteiger partial charge on any atom is 0.243 e. The summed E-state index contributed by atoms with van der Waals surface area (Å²) in [5.41, 5.74) is 0. The van der Waals surface area contributed by atoms with Crippen LogP contribution in [0.1, 0.15) is 32.1 Å². The third-order valence-corrected chi connectivity index (χ3v) is 6.78. The molecule has 1 saturated heterocycles. The highest BCUT2D eigenvalue weighted by molar-refractivity contribution is 9.10. The van der Waals surface area contributed by atoms with Gasteiger partial charge < -0.3 is 0 Å². The van der Waals surface area contributed by atoms with Gasteiger partial charge >= 0.3 is 0 Å². The first-order valence-electron chi connectivity index (χ1n) is 6.86. The number of hydrogen-bond acceptors (Lipinski definition) is 2. The molecule has 1 aliphatic heterocycles. The second-order valence-corrected chi connectivity index (χ2v) is 8.28. The van der Waals surface area contributed by atoms with Crippen molar-refractivity contribution in [2.24, 2.45) is 5.92 Å². The van der Waals surface area contributed by atoms with E-state index < -0.39 is 10.0 Å². The lowest BCUT2D eigenvalue weighted by Gasteiger charge is -2.31. The zero-order valence-corrected chi connectivity index (χ0v) is 13.2. The number of hydrogen-bond donors (Lipinski definition) is 0. The Morgan fingerprint density at radius 3 is 2.74 bits per heavy atom. The molecule has 2 fully saturated rings. The first kappa shape index (κ1) is 13.6. The van der Waals surface area contributed by atoms with Crippen LogP contribution in [0.2, 0.25) is 0 Å². The van der Waals surface area contributed by atoms with E-state index in [0.29, 0.717) is 17.4 Å². The molecule has 104 valence electrons. The molecule has 0 aromatic heterocycles. The van der Waals surface area contributed by atoms with Crippen LogP contribution >= 0.6 is 15.9 Å². The summed E-state index contributed by atoms with van der Waals surface area (Å²) in [5, 5.41) is 0. The van der Waals surface area contributed by atoms with E-state index in [1.165, 1.54) is 12.8 Å². The van der Waals surface area contributed by atoms with Crippen molar-refractivity contribution in [3.8, 4) is 0 Å². The minimum Gasteiger partial charge on any atom is -0.207 e. The lowest BCUT2D eigenvalue weighted by atomic mass is 9.86. The standard InChI is InChI=1S/C14H18BrNO2S/c15-12-5-3-6-13(10-12)19(17,18)16-9-8-11-4-1-2-7-14(11)16/h3,5-6,10-11,14H,1-2,4,7-9H2. The first-order chi connectivity index (χ1) is 9.09. The summed E-state index contributed by atoms with van der Waals surface area (Å²) in [6, 6.07) is 7.26. The molecule has 0 spiro atoms. The van der Waals surface area contributed by atoms with Gasteiger partial charge in [0.1, 0.15) is 0 Å². The summed E-state index contributed by atoms with van der Waals surface area (Å²) >= 11 is 3.35. The van der Waals surface area contributed by atoms with Gasteiger partial charge in [0, 0.05) is 17.1 Å². The van der Waals surface area contributed by atoms with Gasteiger partial charge in [-0.15, -0.1) is 0 Å². The zero-order valence-electron chi connectivity index (χ0n) is 10.8. The Morgan fingerprint density at radius 2 is 1.95 bits per heavy atom. The first-order valence-corrected chi connectivity index (χ1v) is 9.10. The van der Waals surface area contributed by atoms with Crippen molar-refractivity contribution in [3.63, 3.8) is 0 Å². The van der Waals surface area contributed by atoms with Crippen molar-refractivity contribution in [1.29, 1.82) is 0 Å². The fourth-order valence-corrected chi connectivity index (χ4v) is 5.75. The van der Waals surface area contributed by atoms with Crippen molar-refractivity contribution >= 4 is 26.0 Å². The van der Waals surface area contributed by atoms with Crippen LogP contribution in [0, 0.1) is 5.92 Å². The maximum absolute atomic E-state index is 12.7. The van der Waals surface area contributed by atoms with E-state index in [1.54, 1.807) is 22.5 Å². The van der Waals surface area contributed by atoms with E-state index >= 15 is 0 Å². The average Bonchev–Trinajstić information content (AvgIpc) is 2.83. The van der Waals surface area contributed by atoms with Crippen molar-refractivity contribution in [1.82, 2.24) is 4.31 Å². The van der Waals surface area contributed by atoms with E-state index in [2.05, 4.69) is 15.9 Å². The quantitative estimate of drug-likeness (QED) is 0.825. The fourth-order valence-electron chi connectivity index (χ4n) is 3.42. The Labute approximate surface area is 123 Å². The number of fused-ring (bicyclic) bond motifs is 1. The Hall–Kier alpha value is -0.390. The molecule has 19 heavy (non-hydrogen) atoms. The summed E-state index contributed by atoms with van der Waals surface area (Å²) in [7, 11) is -3.33. The molecule has 0 radical (unpaired) electrons. The van der Waals surface area contributed by atoms with Crippen LogP contribution in [-0.4, -0.2) is 25.3 Å². The molecule has 3 nitrogen and oxygen atoms in total. The summed E-state index contributed by atoms with van der Waals surface area (Å²) in [5.74, 6) is 0.579. The molecule has 5 heteroatoms. The third kappa shape index (κ3) is 2.48. The zero-order chi connectivity index (χ0) is 13.5. The SMILES string of the molecule is O=S(=O)(c1cccc(Br)c1)N1CCC2CCCCC21. The van der Waals surface area contributed by atoms with E-state index in [4.69, 9.17) is 0 Å². The van der Waals surface area contributed by atoms with E-state index in [0.717, 1.165) is 23.7 Å². The van der Waals surface area contributed by atoms with Crippen LogP contribution in [0.15, 0.2) is 33.6 Å². The highest BCUT2D eigenvalue weighted by Crippen LogP contribution is 2.39. The van der Waals surface area contributed by atoms with Crippen LogP contribution < -0.4 is 0 Å². The largest absolute Gasteiger partial charge is 0.243 e. The highest BCUT2D eigenvalue weighted by Gasteiger charge is 2.42. The molecule has 1 aromatic carbocycles. The maximum atomic E-state index is 12.7. The average molecular weight is 344 g/mol. The molecular weight excluding hydrogens is 326 g/mol. The van der Waals surface area contributed by atoms with Crippen LogP contribution in [0.25, 0.3) is 0 Å². The molecular formula is C14H18BrNO2S. The number of rotatable bonds is 2. The number of nitrogens with zero attached hydrogens (tertiary/aromatic N) is 1. The minimum atomic E-state index is -3.33. The summed E-state index contributed by atoms with van der Waals surface area (Å²) in [6.07, 6.45) is 5.66. The molecule has 1 aromatic rings. The van der Waals surface area contributed by atoms with Gasteiger partial charge in [0.25, 0.3) is 0 Å². The van der Waals surface area contributed by atoms with E-state index in [-0.39, 0.29) is 6.04 Å². The number of sulfonamides is 1. The van der Waals surface area contributed by atoms with Gasteiger partial charge in [-0.3, -0.25) is 0 Å².